The summed E-state index contributed by atoms with van der Waals surface area (Å²) < 4.78 is 8.00. The molecule has 0 bridgehead atoms. The van der Waals surface area contributed by atoms with Gasteiger partial charge in [-0.1, -0.05) is 24.3 Å². The molecule has 0 saturated carbocycles. The molecule has 2 aromatic carbocycles. The number of piperidine rings is 1. The van der Waals surface area contributed by atoms with Crippen molar-refractivity contribution >= 4 is 5.91 Å². The fourth-order valence-electron chi connectivity index (χ4n) is 4.16. The zero-order chi connectivity index (χ0) is 18.3. The van der Waals surface area contributed by atoms with Gasteiger partial charge in [-0.2, -0.15) is 0 Å². The monoisotopic (exact) mass is 360 g/mol. The Morgan fingerprint density at radius 3 is 2.41 bits per heavy atom. The van der Waals surface area contributed by atoms with Gasteiger partial charge in [-0.3, -0.25) is 9.36 Å². The van der Waals surface area contributed by atoms with Crippen LogP contribution in [-0.4, -0.2) is 38.7 Å². The fraction of sp³-hybridized carbons (Fsp3) is 0.286. The van der Waals surface area contributed by atoms with E-state index in [0.29, 0.717) is 25.3 Å². The second kappa shape index (κ2) is 6.32. The van der Waals surface area contributed by atoms with Gasteiger partial charge in [-0.15, -0.1) is 10.2 Å². The number of carbonyl (C=O) groups is 1. The number of benzene rings is 2. The highest BCUT2D eigenvalue weighted by molar-refractivity contribution is 5.94. The summed E-state index contributed by atoms with van der Waals surface area (Å²) in [5.41, 5.74) is 4.00. The number of nitrogens with zero attached hydrogens (tertiary/aromatic N) is 4. The molecule has 6 heteroatoms. The van der Waals surface area contributed by atoms with Gasteiger partial charge in [-0.05, 0) is 48.2 Å². The molecule has 2 aliphatic rings. The fourth-order valence-corrected chi connectivity index (χ4v) is 4.16. The first-order valence-electron chi connectivity index (χ1n) is 9.22. The summed E-state index contributed by atoms with van der Waals surface area (Å²) in [7, 11) is 0. The highest BCUT2D eigenvalue weighted by Gasteiger charge is 2.43. The Hall–Kier alpha value is -2.99. The predicted molar refractivity (Wildman–Crippen MR) is 99.4 cm³/mol. The smallest absolute Gasteiger partial charge is 0.253 e. The lowest BCUT2D eigenvalue weighted by atomic mass is 9.83. The molecule has 1 amide bonds. The van der Waals surface area contributed by atoms with Crippen LogP contribution in [0.5, 0.6) is 0 Å². The Balaban J connectivity index is 1.29. The maximum absolute atomic E-state index is 12.9. The molecule has 6 nitrogen and oxygen atoms in total. The number of fused-ring (bicyclic) bond motifs is 2. The Bertz CT molecular complexity index is 958. The Kier molecular flexibility index (Phi) is 3.79. The van der Waals surface area contributed by atoms with E-state index in [9.17, 15) is 4.79 Å². The molecule has 1 aromatic heterocycles. The number of hydrogen-bond acceptors (Lipinski definition) is 4. The van der Waals surface area contributed by atoms with Crippen LogP contribution < -0.4 is 0 Å². The number of rotatable bonds is 2. The van der Waals surface area contributed by atoms with Gasteiger partial charge in [0, 0.05) is 24.3 Å². The maximum Gasteiger partial charge on any atom is 0.253 e. The van der Waals surface area contributed by atoms with Crippen LogP contribution in [0, 0.1) is 0 Å². The maximum atomic E-state index is 12.9. The van der Waals surface area contributed by atoms with Crippen LogP contribution in [0.1, 0.15) is 34.3 Å². The lowest BCUT2D eigenvalue weighted by molar-refractivity contribution is -0.0741. The van der Waals surface area contributed by atoms with Gasteiger partial charge in [0.15, 0.2) is 0 Å². The van der Waals surface area contributed by atoms with E-state index < -0.39 is 0 Å². The SMILES string of the molecule is O=C(c1ccc(-n2cnnc2)cc1)N1CCC2(CC1)OCc1ccccc12. The summed E-state index contributed by atoms with van der Waals surface area (Å²) in [5.74, 6) is 0.0754. The van der Waals surface area contributed by atoms with E-state index in [1.54, 1.807) is 12.7 Å². The van der Waals surface area contributed by atoms with Crippen LogP contribution in [0.2, 0.25) is 0 Å². The minimum Gasteiger partial charge on any atom is -0.365 e. The Labute approximate surface area is 157 Å². The van der Waals surface area contributed by atoms with Crippen molar-refractivity contribution in [1.29, 1.82) is 0 Å². The van der Waals surface area contributed by atoms with Crippen molar-refractivity contribution in [2.24, 2.45) is 0 Å². The van der Waals surface area contributed by atoms with Crippen LogP contribution in [-0.2, 0) is 16.9 Å². The number of likely N-dealkylation sites (tertiary alicyclic amines) is 1. The summed E-state index contributed by atoms with van der Waals surface area (Å²) >= 11 is 0. The molecule has 1 spiro atoms. The summed E-state index contributed by atoms with van der Waals surface area (Å²) in [6.45, 7) is 2.09. The molecule has 1 saturated heterocycles. The lowest BCUT2D eigenvalue weighted by Crippen LogP contribution is -2.45. The molecule has 3 aromatic rings. The molecule has 0 N–H and O–H groups in total. The van der Waals surface area contributed by atoms with E-state index in [4.69, 9.17) is 4.74 Å². The van der Waals surface area contributed by atoms with Gasteiger partial charge < -0.3 is 9.64 Å². The van der Waals surface area contributed by atoms with E-state index >= 15 is 0 Å². The second-order valence-corrected chi connectivity index (χ2v) is 7.15. The first-order chi connectivity index (χ1) is 13.3. The topological polar surface area (TPSA) is 60.2 Å². The normalized spacial score (nSPS) is 17.9. The van der Waals surface area contributed by atoms with E-state index in [1.165, 1.54) is 11.1 Å². The molecule has 5 rings (SSSR count). The van der Waals surface area contributed by atoms with Crippen molar-refractivity contribution in [1.82, 2.24) is 19.7 Å². The molecule has 0 radical (unpaired) electrons. The quantitative estimate of drug-likeness (QED) is 0.705. The number of ether oxygens (including phenoxy) is 1. The van der Waals surface area contributed by atoms with E-state index in [1.807, 2.05) is 33.7 Å². The zero-order valence-corrected chi connectivity index (χ0v) is 14.9. The number of carbonyl (C=O) groups excluding carboxylic acids is 1. The predicted octanol–water partition coefficient (Wildman–Crippen LogP) is 2.93. The molecule has 136 valence electrons. The van der Waals surface area contributed by atoms with Crippen LogP contribution in [0.25, 0.3) is 5.69 Å². The highest BCUT2D eigenvalue weighted by Crippen LogP contribution is 2.44. The van der Waals surface area contributed by atoms with Crippen molar-refractivity contribution in [3.8, 4) is 5.69 Å². The van der Waals surface area contributed by atoms with Gasteiger partial charge in [0.2, 0.25) is 0 Å². The summed E-state index contributed by atoms with van der Waals surface area (Å²) in [4.78, 5) is 14.8. The highest BCUT2D eigenvalue weighted by atomic mass is 16.5. The van der Waals surface area contributed by atoms with Crippen LogP contribution in [0.15, 0.2) is 61.2 Å². The number of amides is 1. The molecule has 3 heterocycles. The second-order valence-electron chi connectivity index (χ2n) is 7.15. The average molecular weight is 360 g/mol. The van der Waals surface area contributed by atoms with Crippen LogP contribution in [0.3, 0.4) is 0 Å². The summed E-state index contributed by atoms with van der Waals surface area (Å²) in [6.07, 6.45) is 4.96. The summed E-state index contributed by atoms with van der Waals surface area (Å²) in [6, 6.07) is 16.0. The number of hydrogen-bond donors (Lipinski definition) is 0. The van der Waals surface area contributed by atoms with Crippen molar-refractivity contribution in [3.05, 3.63) is 77.9 Å². The standard InChI is InChI=1S/C21H20N4O2/c26-20(16-5-7-18(8-6-16)25-14-22-23-15-25)24-11-9-21(10-12-24)19-4-2-1-3-17(19)13-27-21/h1-8,14-15H,9-13H2. The molecule has 27 heavy (non-hydrogen) atoms. The largest absolute Gasteiger partial charge is 0.365 e. The van der Waals surface area contributed by atoms with Gasteiger partial charge in [0.1, 0.15) is 12.7 Å². The Morgan fingerprint density at radius 1 is 0.963 bits per heavy atom. The van der Waals surface area contributed by atoms with Gasteiger partial charge >= 0.3 is 0 Å². The van der Waals surface area contributed by atoms with Crippen molar-refractivity contribution in [3.63, 3.8) is 0 Å². The zero-order valence-electron chi connectivity index (χ0n) is 14.9. The minimum atomic E-state index is -0.217. The molecular weight excluding hydrogens is 340 g/mol. The molecule has 0 unspecified atom stereocenters. The van der Waals surface area contributed by atoms with Gasteiger partial charge in [0.25, 0.3) is 5.91 Å². The third kappa shape index (κ3) is 2.73. The first-order valence-corrected chi connectivity index (χ1v) is 9.22. The Morgan fingerprint density at radius 2 is 1.67 bits per heavy atom. The van der Waals surface area contributed by atoms with Crippen LogP contribution >= 0.6 is 0 Å². The van der Waals surface area contributed by atoms with Crippen molar-refractivity contribution in [2.45, 2.75) is 25.0 Å². The number of aromatic nitrogens is 3. The summed E-state index contributed by atoms with van der Waals surface area (Å²) in [5, 5.41) is 7.61. The molecular formula is C21H20N4O2. The van der Waals surface area contributed by atoms with Crippen LogP contribution in [0.4, 0.5) is 0 Å². The minimum absolute atomic E-state index is 0.0754. The van der Waals surface area contributed by atoms with Gasteiger partial charge in [-0.25, -0.2) is 0 Å². The van der Waals surface area contributed by atoms with E-state index in [0.717, 1.165) is 18.5 Å². The third-order valence-corrected chi connectivity index (χ3v) is 5.70. The average Bonchev–Trinajstić information content (AvgIpc) is 3.38. The first kappa shape index (κ1) is 16.2. The molecule has 0 aliphatic carbocycles. The lowest BCUT2D eigenvalue weighted by Gasteiger charge is -2.39. The molecule has 0 atom stereocenters. The molecule has 2 aliphatic heterocycles. The van der Waals surface area contributed by atoms with E-state index in [-0.39, 0.29) is 11.5 Å². The molecule has 1 fully saturated rings. The van der Waals surface area contributed by atoms with Crippen molar-refractivity contribution < 1.29 is 9.53 Å². The third-order valence-electron chi connectivity index (χ3n) is 5.70. The van der Waals surface area contributed by atoms with Crippen molar-refractivity contribution in [2.75, 3.05) is 13.1 Å². The van der Waals surface area contributed by atoms with Gasteiger partial charge in [0.05, 0.1) is 12.2 Å². The van der Waals surface area contributed by atoms with E-state index in [2.05, 4.69) is 34.5 Å².